The van der Waals surface area contributed by atoms with Crippen molar-refractivity contribution in [2.75, 3.05) is 24.4 Å². The number of ketones is 1. The third-order valence-electron chi connectivity index (χ3n) is 4.16. The van der Waals surface area contributed by atoms with Crippen LogP contribution in [-0.2, 0) is 4.79 Å². The van der Waals surface area contributed by atoms with Gasteiger partial charge in [0.15, 0.2) is 23.9 Å². The molecule has 0 saturated heterocycles. The molecule has 2 N–H and O–H groups in total. The highest BCUT2D eigenvalue weighted by molar-refractivity contribution is 5.95. The first-order valence-electron chi connectivity index (χ1n) is 9.09. The van der Waals surface area contributed by atoms with E-state index in [2.05, 4.69) is 10.6 Å². The van der Waals surface area contributed by atoms with Crippen LogP contribution in [0, 0.1) is 0 Å². The van der Waals surface area contributed by atoms with Gasteiger partial charge in [0.05, 0.1) is 7.11 Å². The molecule has 0 aliphatic heterocycles. The van der Waals surface area contributed by atoms with E-state index in [4.69, 9.17) is 9.47 Å². The van der Waals surface area contributed by atoms with Crippen molar-refractivity contribution < 1.29 is 19.1 Å². The molecule has 148 valence electrons. The minimum atomic E-state index is -0.300. The summed E-state index contributed by atoms with van der Waals surface area (Å²) >= 11 is 0. The molecule has 3 aromatic rings. The first-order chi connectivity index (χ1) is 14.0. The van der Waals surface area contributed by atoms with E-state index in [1.54, 1.807) is 18.2 Å². The van der Waals surface area contributed by atoms with E-state index in [9.17, 15) is 9.59 Å². The lowest BCUT2D eigenvalue weighted by Gasteiger charge is -2.12. The Balaban J connectivity index is 1.55. The highest BCUT2D eigenvalue weighted by Crippen LogP contribution is 2.28. The number of benzene rings is 3. The number of rotatable bonds is 8. The number of carbonyl (C=O) groups is 2. The average molecular weight is 390 g/mol. The van der Waals surface area contributed by atoms with Gasteiger partial charge in [-0.05, 0) is 61.5 Å². The van der Waals surface area contributed by atoms with Crippen LogP contribution >= 0.6 is 0 Å². The van der Waals surface area contributed by atoms with E-state index >= 15 is 0 Å². The average Bonchev–Trinajstić information content (AvgIpc) is 2.74. The van der Waals surface area contributed by atoms with Crippen molar-refractivity contribution in [2.45, 2.75) is 6.92 Å². The van der Waals surface area contributed by atoms with Crippen LogP contribution in [0.3, 0.4) is 0 Å². The molecular weight excluding hydrogens is 368 g/mol. The maximum Gasteiger partial charge on any atom is 0.262 e. The van der Waals surface area contributed by atoms with Crippen LogP contribution in [0.4, 0.5) is 17.1 Å². The van der Waals surface area contributed by atoms with Crippen LogP contribution < -0.4 is 20.1 Å². The monoisotopic (exact) mass is 390 g/mol. The standard InChI is InChI=1S/C23H22N2O4/c1-16(26)17-8-13-21(22(14-17)28-2)29-15-23(27)25-20-11-9-19(10-12-20)24-18-6-4-3-5-7-18/h3-14,24H,15H2,1-2H3,(H,25,27). The molecular formula is C23H22N2O4. The zero-order valence-electron chi connectivity index (χ0n) is 16.3. The second-order valence-corrected chi connectivity index (χ2v) is 6.33. The Morgan fingerprint density at radius 1 is 0.828 bits per heavy atom. The highest BCUT2D eigenvalue weighted by atomic mass is 16.5. The van der Waals surface area contributed by atoms with Crippen molar-refractivity contribution in [1.29, 1.82) is 0 Å². The van der Waals surface area contributed by atoms with E-state index in [1.807, 2.05) is 54.6 Å². The topological polar surface area (TPSA) is 76.7 Å². The second-order valence-electron chi connectivity index (χ2n) is 6.33. The Hall–Kier alpha value is -3.80. The molecule has 0 aliphatic carbocycles. The Kier molecular flexibility index (Phi) is 6.47. The largest absolute Gasteiger partial charge is 0.493 e. The SMILES string of the molecule is COc1cc(C(C)=O)ccc1OCC(=O)Nc1ccc(Nc2ccccc2)cc1. The summed E-state index contributed by atoms with van der Waals surface area (Å²) in [7, 11) is 1.48. The van der Waals surface area contributed by atoms with E-state index in [-0.39, 0.29) is 18.3 Å². The van der Waals surface area contributed by atoms with Crippen LogP contribution in [0.25, 0.3) is 0 Å². The van der Waals surface area contributed by atoms with Gasteiger partial charge < -0.3 is 20.1 Å². The molecule has 29 heavy (non-hydrogen) atoms. The molecule has 0 saturated carbocycles. The second kappa shape index (κ2) is 9.41. The first-order valence-corrected chi connectivity index (χ1v) is 9.09. The molecule has 3 aromatic carbocycles. The van der Waals surface area contributed by atoms with Crippen molar-refractivity contribution in [1.82, 2.24) is 0 Å². The molecule has 0 atom stereocenters. The van der Waals surface area contributed by atoms with E-state index < -0.39 is 0 Å². The molecule has 6 heteroatoms. The molecule has 0 aliphatic rings. The summed E-state index contributed by atoms with van der Waals surface area (Å²) in [5, 5.41) is 6.06. The number of carbonyl (C=O) groups excluding carboxylic acids is 2. The van der Waals surface area contributed by atoms with Crippen LogP contribution in [0.2, 0.25) is 0 Å². The molecule has 0 spiro atoms. The van der Waals surface area contributed by atoms with Gasteiger partial charge in [0.2, 0.25) is 0 Å². The van der Waals surface area contributed by atoms with Gasteiger partial charge in [0.25, 0.3) is 5.91 Å². The van der Waals surface area contributed by atoms with E-state index in [1.165, 1.54) is 14.0 Å². The number of hydrogen-bond acceptors (Lipinski definition) is 5. The van der Waals surface area contributed by atoms with Crippen LogP contribution in [0.1, 0.15) is 17.3 Å². The summed E-state index contributed by atoms with van der Waals surface area (Å²) in [6, 6.07) is 22.1. The molecule has 3 rings (SSSR count). The van der Waals surface area contributed by atoms with Gasteiger partial charge in [-0.15, -0.1) is 0 Å². The van der Waals surface area contributed by atoms with Gasteiger partial charge in [-0.2, -0.15) is 0 Å². The van der Waals surface area contributed by atoms with Crippen molar-refractivity contribution in [3.8, 4) is 11.5 Å². The summed E-state index contributed by atoms with van der Waals surface area (Å²) in [6.45, 7) is 1.29. The van der Waals surface area contributed by atoms with Crippen molar-refractivity contribution >= 4 is 28.8 Å². The molecule has 0 bridgehead atoms. The predicted molar refractivity (Wildman–Crippen MR) is 113 cm³/mol. The van der Waals surface area contributed by atoms with E-state index in [0.29, 0.717) is 22.7 Å². The first kappa shape index (κ1) is 19.9. The van der Waals surface area contributed by atoms with Crippen LogP contribution in [0.5, 0.6) is 11.5 Å². The summed E-state index contributed by atoms with van der Waals surface area (Å²) in [5.74, 6) is 0.432. The van der Waals surface area contributed by atoms with Gasteiger partial charge in [-0.25, -0.2) is 0 Å². The maximum atomic E-state index is 12.2. The Morgan fingerprint density at radius 2 is 1.48 bits per heavy atom. The number of anilines is 3. The van der Waals surface area contributed by atoms with Gasteiger partial charge in [-0.1, -0.05) is 18.2 Å². The summed E-state index contributed by atoms with van der Waals surface area (Å²) in [5.41, 5.74) is 3.09. The molecule has 0 radical (unpaired) electrons. The molecule has 0 aromatic heterocycles. The number of Topliss-reactive ketones (excluding diaryl/α,β-unsaturated/α-hetero) is 1. The van der Waals surface area contributed by atoms with Crippen molar-refractivity contribution in [3.63, 3.8) is 0 Å². The summed E-state index contributed by atoms with van der Waals surface area (Å²) in [6.07, 6.45) is 0. The molecule has 0 fully saturated rings. The molecule has 0 unspecified atom stereocenters. The van der Waals surface area contributed by atoms with Crippen LogP contribution in [0.15, 0.2) is 72.8 Å². The van der Waals surface area contributed by atoms with Gasteiger partial charge in [0.1, 0.15) is 0 Å². The third-order valence-corrected chi connectivity index (χ3v) is 4.16. The van der Waals surface area contributed by atoms with E-state index in [0.717, 1.165) is 11.4 Å². The number of amides is 1. The quantitative estimate of drug-likeness (QED) is 0.547. The van der Waals surface area contributed by atoms with Crippen LogP contribution in [-0.4, -0.2) is 25.4 Å². The third kappa shape index (κ3) is 5.59. The lowest BCUT2D eigenvalue weighted by atomic mass is 10.1. The minimum Gasteiger partial charge on any atom is -0.493 e. The normalized spacial score (nSPS) is 10.1. The molecule has 1 amide bonds. The van der Waals surface area contributed by atoms with Gasteiger partial charge in [-0.3, -0.25) is 9.59 Å². The fourth-order valence-corrected chi connectivity index (χ4v) is 2.67. The highest BCUT2D eigenvalue weighted by Gasteiger charge is 2.10. The van der Waals surface area contributed by atoms with Gasteiger partial charge in [0, 0.05) is 22.6 Å². The fourth-order valence-electron chi connectivity index (χ4n) is 2.67. The number of para-hydroxylation sites is 1. The Labute approximate surface area is 169 Å². The van der Waals surface area contributed by atoms with Crippen molar-refractivity contribution in [3.05, 3.63) is 78.4 Å². The molecule has 6 nitrogen and oxygen atoms in total. The predicted octanol–water partition coefficient (Wildman–Crippen LogP) is 4.66. The lowest BCUT2D eigenvalue weighted by Crippen LogP contribution is -2.20. The zero-order valence-corrected chi connectivity index (χ0v) is 16.3. The maximum absolute atomic E-state index is 12.2. The minimum absolute atomic E-state index is 0.0715. The summed E-state index contributed by atoms with van der Waals surface area (Å²) in [4.78, 5) is 23.6. The number of methoxy groups -OCH3 is 1. The number of hydrogen-bond donors (Lipinski definition) is 2. The van der Waals surface area contributed by atoms with Gasteiger partial charge >= 0.3 is 0 Å². The Morgan fingerprint density at radius 3 is 2.14 bits per heavy atom. The number of nitrogens with one attached hydrogen (secondary N) is 2. The number of ether oxygens (including phenoxy) is 2. The molecule has 0 heterocycles. The zero-order chi connectivity index (χ0) is 20.6. The van der Waals surface area contributed by atoms with Crippen molar-refractivity contribution in [2.24, 2.45) is 0 Å². The lowest BCUT2D eigenvalue weighted by molar-refractivity contribution is -0.118. The fraction of sp³-hybridized carbons (Fsp3) is 0.130. The smallest absolute Gasteiger partial charge is 0.262 e. The summed E-state index contributed by atoms with van der Waals surface area (Å²) < 4.78 is 10.8. The Bertz CT molecular complexity index is 986.